The minimum Gasteiger partial charge on any atom is -0.484 e. The van der Waals surface area contributed by atoms with Gasteiger partial charge in [-0.1, -0.05) is 92.2 Å². The lowest BCUT2D eigenvalue weighted by molar-refractivity contribution is -0.142. The van der Waals surface area contributed by atoms with Gasteiger partial charge >= 0.3 is 0 Å². The zero-order valence-corrected chi connectivity index (χ0v) is 19.2. The summed E-state index contributed by atoms with van der Waals surface area (Å²) in [5.74, 6) is 0.253. The van der Waals surface area contributed by atoms with Crippen LogP contribution in [0.4, 0.5) is 0 Å². The summed E-state index contributed by atoms with van der Waals surface area (Å²) in [5.41, 5.74) is 1.97. The lowest BCUT2D eigenvalue weighted by Crippen LogP contribution is -2.51. The molecule has 1 unspecified atom stereocenters. The van der Waals surface area contributed by atoms with Gasteiger partial charge < -0.3 is 15.0 Å². The van der Waals surface area contributed by atoms with Crippen LogP contribution in [0.3, 0.4) is 0 Å². The topological polar surface area (TPSA) is 58.6 Å². The maximum Gasteiger partial charge on any atom is 0.261 e. The molecular formula is C28H32N2O3. The number of nitrogens with zero attached hydrogens (tertiary/aromatic N) is 1. The van der Waals surface area contributed by atoms with E-state index in [1.807, 2.05) is 91.0 Å². The average Bonchev–Trinajstić information content (AvgIpc) is 2.86. The molecule has 0 heterocycles. The summed E-state index contributed by atoms with van der Waals surface area (Å²) in [6.45, 7) is 2.87. The van der Waals surface area contributed by atoms with Gasteiger partial charge in [0.2, 0.25) is 5.91 Å². The highest BCUT2D eigenvalue weighted by Crippen LogP contribution is 2.16. The van der Waals surface area contributed by atoms with Crippen molar-refractivity contribution in [2.24, 2.45) is 0 Å². The molecule has 0 bridgehead atoms. The van der Waals surface area contributed by atoms with Gasteiger partial charge in [0.05, 0.1) is 0 Å². The van der Waals surface area contributed by atoms with Gasteiger partial charge in [-0.15, -0.1) is 0 Å². The van der Waals surface area contributed by atoms with E-state index < -0.39 is 6.04 Å². The molecule has 2 amide bonds. The van der Waals surface area contributed by atoms with Crippen LogP contribution in [0.2, 0.25) is 0 Å². The van der Waals surface area contributed by atoms with E-state index in [4.69, 9.17) is 4.74 Å². The standard InChI is InChI=1S/C28H32N2O3/c1-2-3-19-29-28(32)26(20-23-13-7-4-8-14-23)30(21-24-15-9-5-10-16-24)27(31)22-33-25-17-11-6-12-18-25/h4-18,26H,2-3,19-22H2,1H3,(H,29,32). The van der Waals surface area contributed by atoms with Crippen LogP contribution in [-0.4, -0.2) is 35.9 Å². The summed E-state index contributed by atoms with van der Waals surface area (Å²) in [4.78, 5) is 28.3. The van der Waals surface area contributed by atoms with E-state index in [0.29, 0.717) is 25.3 Å². The summed E-state index contributed by atoms with van der Waals surface area (Å²) in [5, 5.41) is 3.03. The average molecular weight is 445 g/mol. The zero-order chi connectivity index (χ0) is 23.3. The van der Waals surface area contributed by atoms with Crippen molar-refractivity contribution >= 4 is 11.8 Å². The monoisotopic (exact) mass is 444 g/mol. The lowest BCUT2D eigenvalue weighted by Gasteiger charge is -2.31. The molecule has 0 aromatic heterocycles. The number of amides is 2. The van der Waals surface area contributed by atoms with E-state index in [1.165, 1.54) is 0 Å². The molecule has 0 saturated carbocycles. The first-order valence-electron chi connectivity index (χ1n) is 11.5. The number of carbonyl (C=O) groups excluding carboxylic acids is 2. The van der Waals surface area contributed by atoms with Crippen LogP contribution in [0.5, 0.6) is 5.75 Å². The zero-order valence-electron chi connectivity index (χ0n) is 19.2. The van der Waals surface area contributed by atoms with Crippen LogP contribution in [0, 0.1) is 0 Å². The van der Waals surface area contributed by atoms with Gasteiger partial charge in [-0.3, -0.25) is 9.59 Å². The van der Waals surface area contributed by atoms with Gasteiger partial charge in [0, 0.05) is 19.5 Å². The molecule has 0 fully saturated rings. The van der Waals surface area contributed by atoms with E-state index in [0.717, 1.165) is 24.0 Å². The van der Waals surface area contributed by atoms with E-state index >= 15 is 0 Å². The first-order chi connectivity index (χ1) is 16.2. The van der Waals surface area contributed by atoms with Crippen molar-refractivity contribution in [1.29, 1.82) is 0 Å². The van der Waals surface area contributed by atoms with Crippen LogP contribution < -0.4 is 10.1 Å². The number of carbonyl (C=O) groups is 2. The Labute approximate surface area is 196 Å². The maximum atomic E-state index is 13.4. The van der Waals surface area contributed by atoms with Crippen molar-refractivity contribution in [3.8, 4) is 5.75 Å². The van der Waals surface area contributed by atoms with Crippen LogP contribution >= 0.6 is 0 Å². The normalized spacial score (nSPS) is 11.4. The fraction of sp³-hybridized carbons (Fsp3) is 0.286. The number of para-hydroxylation sites is 1. The Morgan fingerprint density at radius 1 is 0.848 bits per heavy atom. The highest BCUT2D eigenvalue weighted by atomic mass is 16.5. The number of hydrogen-bond acceptors (Lipinski definition) is 3. The van der Waals surface area contributed by atoms with Crippen LogP contribution in [-0.2, 0) is 22.6 Å². The van der Waals surface area contributed by atoms with Crippen LogP contribution in [0.25, 0.3) is 0 Å². The summed E-state index contributed by atoms with van der Waals surface area (Å²) in [6.07, 6.45) is 2.32. The second kappa shape index (κ2) is 13.1. The molecule has 1 N–H and O–H groups in total. The lowest BCUT2D eigenvalue weighted by atomic mass is 10.0. The molecule has 0 saturated heterocycles. The Kier molecular flexibility index (Phi) is 9.52. The first kappa shape index (κ1) is 24.1. The van der Waals surface area contributed by atoms with Crippen molar-refractivity contribution in [3.05, 3.63) is 102 Å². The second-order valence-corrected chi connectivity index (χ2v) is 7.96. The molecule has 0 aliphatic heterocycles. The molecule has 1 atom stereocenters. The summed E-state index contributed by atoms with van der Waals surface area (Å²) >= 11 is 0. The number of benzene rings is 3. The summed E-state index contributed by atoms with van der Waals surface area (Å²) < 4.78 is 5.74. The predicted octanol–water partition coefficient (Wildman–Crippen LogP) is 4.62. The molecule has 33 heavy (non-hydrogen) atoms. The van der Waals surface area contributed by atoms with Gasteiger partial charge in [0.25, 0.3) is 5.91 Å². The summed E-state index contributed by atoms with van der Waals surface area (Å²) in [6, 6.07) is 28.2. The van der Waals surface area contributed by atoms with Gasteiger partial charge in [-0.05, 0) is 29.7 Å². The van der Waals surface area contributed by atoms with E-state index in [9.17, 15) is 9.59 Å². The van der Waals surface area contributed by atoms with Gasteiger partial charge in [0.1, 0.15) is 11.8 Å². The number of hydrogen-bond donors (Lipinski definition) is 1. The fourth-order valence-electron chi connectivity index (χ4n) is 3.58. The third-order valence-corrected chi connectivity index (χ3v) is 5.40. The van der Waals surface area contributed by atoms with Gasteiger partial charge in [-0.25, -0.2) is 0 Å². The Morgan fingerprint density at radius 2 is 1.42 bits per heavy atom. The minimum atomic E-state index is -0.642. The largest absolute Gasteiger partial charge is 0.484 e. The first-order valence-corrected chi connectivity index (χ1v) is 11.5. The Hall–Kier alpha value is -3.60. The Balaban J connectivity index is 1.85. The number of unbranched alkanes of at least 4 members (excludes halogenated alkanes) is 1. The Bertz CT molecular complexity index is 978. The predicted molar refractivity (Wildman–Crippen MR) is 131 cm³/mol. The van der Waals surface area contributed by atoms with E-state index in [-0.39, 0.29) is 18.4 Å². The number of rotatable bonds is 12. The number of ether oxygens (including phenoxy) is 1. The summed E-state index contributed by atoms with van der Waals surface area (Å²) in [7, 11) is 0. The third-order valence-electron chi connectivity index (χ3n) is 5.40. The highest BCUT2D eigenvalue weighted by molar-refractivity contribution is 5.88. The third kappa shape index (κ3) is 7.79. The smallest absolute Gasteiger partial charge is 0.261 e. The highest BCUT2D eigenvalue weighted by Gasteiger charge is 2.30. The fourth-order valence-corrected chi connectivity index (χ4v) is 3.58. The number of nitrogens with one attached hydrogen (secondary N) is 1. The molecule has 0 spiro atoms. The van der Waals surface area contributed by atoms with Crippen molar-refractivity contribution in [2.45, 2.75) is 38.8 Å². The second-order valence-electron chi connectivity index (χ2n) is 7.96. The minimum absolute atomic E-state index is 0.135. The molecule has 0 aliphatic carbocycles. The molecule has 172 valence electrons. The SMILES string of the molecule is CCCCNC(=O)C(Cc1ccccc1)N(Cc1ccccc1)C(=O)COc1ccccc1. The van der Waals surface area contributed by atoms with Crippen molar-refractivity contribution in [2.75, 3.05) is 13.2 Å². The molecule has 3 rings (SSSR count). The molecule has 3 aromatic rings. The van der Waals surface area contributed by atoms with Crippen LogP contribution in [0.15, 0.2) is 91.0 Å². The Morgan fingerprint density at radius 3 is 2.03 bits per heavy atom. The van der Waals surface area contributed by atoms with E-state index in [2.05, 4.69) is 12.2 Å². The van der Waals surface area contributed by atoms with Gasteiger partial charge in [0.15, 0.2) is 6.61 Å². The van der Waals surface area contributed by atoms with Crippen molar-refractivity contribution in [1.82, 2.24) is 10.2 Å². The molecule has 0 radical (unpaired) electrons. The molecule has 3 aromatic carbocycles. The van der Waals surface area contributed by atoms with Crippen LogP contribution in [0.1, 0.15) is 30.9 Å². The molecule has 5 heteroatoms. The quantitative estimate of drug-likeness (QED) is 0.415. The van der Waals surface area contributed by atoms with Crippen molar-refractivity contribution < 1.29 is 14.3 Å². The van der Waals surface area contributed by atoms with E-state index in [1.54, 1.807) is 4.90 Å². The molecule has 0 aliphatic rings. The maximum absolute atomic E-state index is 13.4. The molecule has 5 nitrogen and oxygen atoms in total. The van der Waals surface area contributed by atoms with Crippen molar-refractivity contribution in [3.63, 3.8) is 0 Å². The molecular weight excluding hydrogens is 412 g/mol. The van der Waals surface area contributed by atoms with Gasteiger partial charge in [-0.2, -0.15) is 0 Å².